The average molecular weight is 258 g/mol. The van der Waals surface area contributed by atoms with Gasteiger partial charge in [-0.05, 0) is 42.7 Å². The fourth-order valence-electron chi connectivity index (χ4n) is 1.48. The summed E-state index contributed by atoms with van der Waals surface area (Å²) in [4.78, 5) is 10.7. The van der Waals surface area contributed by atoms with Crippen LogP contribution >= 0.6 is 0 Å². The topological polar surface area (TPSA) is 91.7 Å². The number of carboxylic acids is 1. The number of hydrogen-bond donors (Lipinski definition) is 2. The molecule has 17 heavy (non-hydrogen) atoms. The molecule has 0 aliphatic rings. The van der Waals surface area contributed by atoms with Gasteiger partial charge in [0.2, 0.25) is 0 Å². The van der Waals surface area contributed by atoms with Crippen molar-refractivity contribution in [2.24, 2.45) is 0 Å². The quantitative estimate of drug-likeness (QED) is 0.837. The average Bonchev–Trinajstić information content (AvgIpc) is 2.19. The molecule has 1 rings (SSSR count). The molecule has 6 heteroatoms. The van der Waals surface area contributed by atoms with E-state index in [0.717, 1.165) is 6.26 Å². The van der Waals surface area contributed by atoms with Crippen LogP contribution in [-0.4, -0.2) is 30.9 Å². The van der Waals surface area contributed by atoms with Crippen molar-refractivity contribution in [3.8, 4) is 0 Å². The second-order valence-corrected chi connectivity index (χ2v) is 5.98. The molecule has 0 aliphatic carbocycles. The standard InChI is InChI=1S/C11H14O5S/c1-6-4-8(17(3,15)16)5-9(7(6)2)10(12)11(13)14/h4-5,10,12H,1-3H3,(H,13,14). The Morgan fingerprint density at radius 1 is 1.29 bits per heavy atom. The molecule has 1 aromatic carbocycles. The Balaban J connectivity index is 3.51. The van der Waals surface area contributed by atoms with Gasteiger partial charge in [0.15, 0.2) is 15.9 Å². The van der Waals surface area contributed by atoms with E-state index in [2.05, 4.69) is 0 Å². The van der Waals surface area contributed by atoms with Crippen molar-refractivity contribution in [3.05, 3.63) is 28.8 Å². The summed E-state index contributed by atoms with van der Waals surface area (Å²) in [6, 6.07) is 2.67. The van der Waals surface area contributed by atoms with E-state index in [1.165, 1.54) is 12.1 Å². The Bertz CT molecular complexity index is 559. The molecular formula is C11H14O5S. The maximum absolute atomic E-state index is 11.4. The van der Waals surface area contributed by atoms with Crippen molar-refractivity contribution < 1.29 is 23.4 Å². The minimum absolute atomic E-state index is 0.0101. The Kier molecular flexibility index (Phi) is 3.59. The zero-order valence-corrected chi connectivity index (χ0v) is 10.6. The van der Waals surface area contributed by atoms with Crippen LogP contribution in [0.3, 0.4) is 0 Å². The van der Waals surface area contributed by atoms with Gasteiger partial charge in [-0.2, -0.15) is 0 Å². The number of aliphatic hydroxyl groups is 1. The van der Waals surface area contributed by atoms with Gasteiger partial charge in [0.25, 0.3) is 0 Å². The first-order valence-corrected chi connectivity index (χ1v) is 6.76. The van der Waals surface area contributed by atoms with E-state index in [9.17, 15) is 18.3 Å². The monoisotopic (exact) mass is 258 g/mol. The van der Waals surface area contributed by atoms with E-state index in [1.807, 2.05) is 0 Å². The van der Waals surface area contributed by atoms with Gasteiger partial charge in [-0.15, -0.1) is 0 Å². The van der Waals surface area contributed by atoms with Crippen molar-refractivity contribution >= 4 is 15.8 Å². The summed E-state index contributed by atoms with van der Waals surface area (Å²) in [5, 5.41) is 18.2. The Morgan fingerprint density at radius 2 is 1.82 bits per heavy atom. The molecule has 0 spiro atoms. The molecule has 0 aromatic heterocycles. The minimum Gasteiger partial charge on any atom is -0.479 e. The fourth-order valence-corrected chi connectivity index (χ4v) is 2.22. The highest BCUT2D eigenvalue weighted by Crippen LogP contribution is 2.25. The highest BCUT2D eigenvalue weighted by atomic mass is 32.2. The summed E-state index contributed by atoms with van der Waals surface area (Å²) in [6.45, 7) is 3.31. The normalized spacial score (nSPS) is 13.4. The van der Waals surface area contributed by atoms with Crippen molar-refractivity contribution in [3.63, 3.8) is 0 Å². The van der Waals surface area contributed by atoms with E-state index in [1.54, 1.807) is 13.8 Å². The molecule has 1 unspecified atom stereocenters. The van der Waals surface area contributed by atoms with Gasteiger partial charge in [-0.1, -0.05) is 0 Å². The highest BCUT2D eigenvalue weighted by molar-refractivity contribution is 7.90. The predicted octanol–water partition coefficient (Wildman–Crippen LogP) is 0.825. The third kappa shape index (κ3) is 2.83. The third-order valence-corrected chi connectivity index (χ3v) is 3.73. The molecule has 0 fully saturated rings. The maximum atomic E-state index is 11.4. The first-order chi connectivity index (χ1) is 7.64. The summed E-state index contributed by atoms with van der Waals surface area (Å²) in [6.07, 6.45) is -0.677. The van der Waals surface area contributed by atoms with E-state index in [4.69, 9.17) is 5.11 Å². The van der Waals surface area contributed by atoms with Crippen molar-refractivity contribution in [2.45, 2.75) is 24.8 Å². The number of rotatable bonds is 3. The van der Waals surface area contributed by atoms with Crippen LogP contribution in [0.4, 0.5) is 0 Å². The number of carboxylic acid groups (broad SMARTS) is 1. The minimum atomic E-state index is -3.43. The van der Waals surface area contributed by atoms with Gasteiger partial charge in [0.05, 0.1) is 4.90 Å². The maximum Gasteiger partial charge on any atom is 0.337 e. The molecule has 2 N–H and O–H groups in total. The molecule has 0 aliphatic heterocycles. The lowest BCUT2D eigenvalue weighted by atomic mass is 9.99. The second kappa shape index (κ2) is 4.46. The van der Waals surface area contributed by atoms with Gasteiger partial charge in [-0.25, -0.2) is 13.2 Å². The molecule has 1 aromatic rings. The number of carbonyl (C=O) groups is 1. The fraction of sp³-hybridized carbons (Fsp3) is 0.364. The lowest BCUT2D eigenvalue weighted by molar-refractivity contribution is -0.147. The van der Waals surface area contributed by atoms with Crippen LogP contribution < -0.4 is 0 Å². The van der Waals surface area contributed by atoms with Crippen LogP contribution in [0, 0.1) is 13.8 Å². The number of hydrogen-bond acceptors (Lipinski definition) is 4. The number of aryl methyl sites for hydroxylation is 1. The van der Waals surface area contributed by atoms with Gasteiger partial charge in [-0.3, -0.25) is 0 Å². The highest BCUT2D eigenvalue weighted by Gasteiger charge is 2.21. The lowest BCUT2D eigenvalue weighted by Crippen LogP contribution is -2.13. The molecule has 94 valence electrons. The van der Waals surface area contributed by atoms with Crippen LogP contribution in [0.15, 0.2) is 17.0 Å². The van der Waals surface area contributed by atoms with Crippen LogP contribution in [0.1, 0.15) is 22.8 Å². The molecule has 1 atom stereocenters. The zero-order valence-electron chi connectivity index (χ0n) is 9.76. The Hall–Kier alpha value is -1.40. The van der Waals surface area contributed by atoms with Crippen LogP contribution in [0.5, 0.6) is 0 Å². The summed E-state index contributed by atoms with van der Waals surface area (Å²) >= 11 is 0. The number of sulfone groups is 1. The summed E-state index contributed by atoms with van der Waals surface area (Å²) < 4.78 is 22.8. The van der Waals surface area contributed by atoms with Gasteiger partial charge in [0, 0.05) is 6.26 Å². The van der Waals surface area contributed by atoms with Crippen LogP contribution in [0.2, 0.25) is 0 Å². The molecule has 0 saturated carbocycles. The Labute approximate surface area is 99.6 Å². The molecular weight excluding hydrogens is 244 g/mol. The van der Waals surface area contributed by atoms with Crippen LogP contribution in [0.25, 0.3) is 0 Å². The lowest BCUT2D eigenvalue weighted by Gasteiger charge is -2.13. The molecule has 5 nitrogen and oxygen atoms in total. The summed E-state index contributed by atoms with van der Waals surface area (Å²) in [5.74, 6) is -1.40. The first kappa shape index (κ1) is 13.7. The van der Waals surface area contributed by atoms with Gasteiger partial charge >= 0.3 is 5.97 Å². The Morgan fingerprint density at radius 3 is 2.24 bits per heavy atom. The number of aliphatic carboxylic acids is 1. The largest absolute Gasteiger partial charge is 0.479 e. The molecule has 0 saturated heterocycles. The summed E-state index contributed by atoms with van der Waals surface area (Å²) in [7, 11) is -3.43. The number of benzene rings is 1. The van der Waals surface area contributed by atoms with E-state index < -0.39 is 21.9 Å². The summed E-state index contributed by atoms with van der Waals surface area (Å²) in [5.41, 5.74) is 1.31. The smallest absolute Gasteiger partial charge is 0.337 e. The SMILES string of the molecule is Cc1cc(S(C)(=O)=O)cc(C(O)C(=O)O)c1C. The zero-order chi connectivity index (χ0) is 13.4. The van der Waals surface area contributed by atoms with Crippen LogP contribution in [-0.2, 0) is 14.6 Å². The van der Waals surface area contributed by atoms with E-state index >= 15 is 0 Å². The van der Waals surface area contributed by atoms with E-state index in [-0.39, 0.29) is 10.5 Å². The second-order valence-electron chi connectivity index (χ2n) is 3.97. The third-order valence-electron chi connectivity index (χ3n) is 2.64. The first-order valence-electron chi connectivity index (χ1n) is 4.86. The van der Waals surface area contributed by atoms with Gasteiger partial charge in [0.1, 0.15) is 0 Å². The van der Waals surface area contributed by atoms with Crippen molar-refractivity contribution in [1.82, 2.24) is 0 Å². The van der Waals surface area contributed by atoms with Crippen molar-refractivity contribution in [1.29, 1.82) is 0 Å². The number of aliphatic hydroxyl groups excluding tert-OH is 1. The van der Waals surface area contributed by atoms with Crippen molar-refractivity contribution in [2.75, 3.05) is 6.26 Å². The van der Waals surface area contributed by atoms with E-state index in [0.29, 0.717) is 11.1 Å². The molecule has 0 bridgehead atoms. The molecule has 0 amide bonds. The van der Waals surface area contributed by atoms with Gasteiger partial charge < -0.3 is 10.2 Å². The molecule has 0 radical (unpaired) electrons. The predicted molar refractivity (Wildman–Crippen MR) is 61.6 cm³/mol. The molecule has 0 heterocycles.